The molecular formula is C12H15BrN2O. The third kappa shape index (κ3) is 1.53. The van der Waals surface area contributed by atoms with Crippen LogP contribution >= 0.6 is 15.9 Å². The first-order valence-corrected chi connectivity index (χ1v) is 5.91. The second kappa shape index (κ2) is 4.11. The monoisotopic (exact) mass is 282 g/mol. The molecule has 0 aliphatic carbocycles. The summed E-state index contributed by atoms with van der Waals surface area (Å²) in [4.78, 5) is 0. The van der Waals surface area contributed by atoms with Gasteiger partial charge in [-0.05, 0) is 40.5 Å². The van der Waals surface area contributed by atoms with Crippen molar-refractivity contribution in [2.75, 3.05) is 7.11 Å². The van der Waals surface area contributed by atoms with E-state index in [1.165, 1.54) is 22.2 Å². The Morgan fingerprint density at radius 2 is 2.12 bits per heavy atom. The fourth-order valence-electron chi connectivity index (χ4n) is 2.05. The number of nitrogens with two attached hydrogens (primary N) is 1. The highest BCUT2D eigenvalue weighted by Gasteiger charge is 2.13. The highest BCUT2D eigenvalue weighted by Crippen LogP contribution is 2.34. The largest absolute Gasteiger partial charge is 0.496 e. The maximum atomic E-state index is 5.79. The van der Waals surface area contributed by atoms with E-state index in [9.17, 15) is 0 Å². The molecule has 1 heterocycles. The van der Waals surface area contributed by atoms with E-state index in [0.29, 0.717) is 6.54 Å². The lowest BCUT2D eigenvalue weighted by molar-refractivity contribution is 0.413. The van der Waals surface area contributed by atoms with Crippen LogP contribution in [0.15, 0.2) is 16.6 Å². The van der Waals surface area contributed by atoms with Crippen molar-refractivity contribution in [2.24, 2.45) is 12.8 Å². The second-order valence-electron chi connectivity index (χ2n) is 3.83. The number of halogens is 1. The third-order valence-electron chi connectivity index (χ3n) is 3.10. The molecular weight excluding hydrogens is 268 g/mol. The van der Waals surface area contributed by atoms with Gasteiger partial charge in [0.2, 0.25) is 0 Å². The van der Waals surface area contributed by atoms with Gasteiger partial charge in [0.15, 0.2) is 0 Å². The van der Waals surface area contributed by atoms with Crippen LogP contribution in [0.2, 0.25) is 0 Å². The van der Waals surface area contributed by atoms with Gasteiger partial charge in [0.1, 0.15) is 5.75 Å². The molecule has 0 spiro atoms. The van der Waals surface area contributed by atoms with Crippen LogP contribution in [-0.4, -0.2) is 11.7 Å². The average Bonchev–Trinajstić information content (AvgIpc) is 2.51. The van der Waals surface area contributed by atoms with E-state index in [4.69, 9.17) is 10.5 Å². The van der Waals surface area contributed by atoms with Crippen LogP contribution in [0.4, 0.5) is 0 Å². The van der Waals surface area contributed by atoms with Crippen LogP contribution in [0.3, 0.4) is 0 Å². The van der Waals surface area contributed by atoms with E-state index >= 15 is 0 Å². The zero-order chi connectivity index (χ0) is 11.9. The molecule has 2 N–H and O–H groups in total. The molecule has 0 saturated heterocycles. The lowest BCUT2D eigenvalue weighted by Crippen LogP contribution is -1.99. The molecule has 4 heteroatoms. The van der Waals surface area contributed by atoms with Gasteiger partial charge in [-0.15, -0.1) is 0 Å². The summed E-state index contributed by atoms with van der Waals surface area (Å²) in [6, 6.07) is 4.11. The number of aromatic nitrogens is 1. The number of ether oxygens (including phenoxy) is 1. The Morgan fingerprint density at radius 1 is 1.44 bits per heavy atom. The number of fused-ring (bicyclic) bond motifs is 1. The Bertz CT molecular complexity index is 546. The molecule has 2 aromatic rings. The van der Waals surface area contributed by atoms with Crippen molar-refractivity contribution in [1.82, 2.24) is 4.57 Å². The summed E-state index contributed by atoms with van der Waals surface area (Å²) < 4.78 is 8.42. The Kier molecular flexibility index (Phi) is 2.95. The number of rotatable bonds is 2. The molecule has 0 aliphatic heterocycles. The Hall–Kier alpha value is -1.00. The molecule has 0 unspecified atom stereocenters. The molecule has 3 nitrogen and oxygen atoms in total. The summed E-state index contributed by atoms with van der Waals surface area (Å²) in [5.74, 6) is 0.841. The lowest BCUT2D eigenvalue weighted by atomic mass is 10.1. The number of nitrogens with zero attached hydrogens (tertiary/aromatic N) is 1. The zero-order valence-electron chi connectivity index (χ0n) is 9.67. The van der Waals surface area contributed by atoms with Crippen LogP contribution in [0, 0.1) is 6.92 Å². The molecule has 0 saturated carbocycles. The molecule has 0 amide bonds. The summed E-state index contributed by atoms with van der Waals surface area (Å²) in [5.41, 5.74) is 9.36. The molecule has 0 fully saturated rings. The van der Waals surface area contributed by atoms with Crippen molar-refractivity contribution >= 4 is 26.8 Å². The maximum absolute atomic E-state index is 5.79. The topological polar surface area (TPSA) is 40.2 Å². The Labute approximate surface area is 103 Å². The van der Waals surface area contributed by atoms with Gasteiger partial charge in [0.25, 0.3) is 0 Å². The molecule has 1 aromatic heterocycles. The third-order valence-corrected chi connectivity index (χ3v) is 3.72. The van der Waals surface area contributed by atoms with Crippen molar-refractivity contribution < 1.29 is 4.74 Å². The number of hydrogen-bond donors (Lipinski definition) is 1. The number of hydrogen-bond acceptors (Lipinski definition) is 2. The number of aryl methyl sites for hydroxylation is 1. The van der Waals surface area contributed by atoms with Crippen LogP contribution in [0.1, 0.15) is 11.3 Å². The SMILES string of the molecule is COc1cc2c(CN)c(C)n(C)c2cc1Br. The highest BCUT2D eigenvalue weighted by molar-refractivity contribution is 9.10. The zero-order valence-corrected chi connectivity index (χ0v) is 11.3. The van der Waals surface area contributed by atoms with Crippen LogP contribution < -0.4 is 10.5 Å². The minimum absolute atomic E-state index is 0.550. The van der Waals surface area contributed by atoms with E-state index in [1.54, 1.807) is 7.11 Å². The van der Waals surface area contributed by atoms with E-state index in [2.05, 4.69) is 40.5 Å². The minimum atomic E-state index is 0.550. The Morgan fingerprint density at radius 3 is 2.69 bits per heavy atom. The molecule has 86 valence electrons. The van der Waals surface area contributed by atoms with Crippen LogP contribution in [-0.2, 0) is 13.6 Å². The average molecular weight is 283 g/mol. The maximum Gasteiger partial charge on any atom is 0.133 e. The van der Waals surface area contributed by atoms with E-state index in [-0.39, 0.29) is 0 Å². The van der Waals surface area contributed by atoms with E-state index in [0.717, 1.165) is 10.2 Å². The van der Waals surface area contributed by atoms with E-state index in [1.807, 2.05) is 6.07 Å². The van der Waals surface area contributed by atoms with Crippen LogP contribution in [0.5, 0.6) is 5.75 Å². The van der Waals surface area contributed by atoms with Crippen LogP contribution in [0.25, 0.3) is 10.9 Å². The molecule has 16 heavy (non-hydrogen) atoms. The van der Waals surface area contributed by atoms with Gasteiger partial charge in [0, 0.05) is 30.2 Å². The van der Waals surface area contributed by atoms with Gasteiger partial charge < -0.3 is 15.0 Å². The molecule has 0 radical (unpaired) electrons. The quantitative estimate of drug-likeness (QED) is 0.920. The summed E-state index contributed by atoms with van der Waals surface area (Å²) >= 11 is 3.50. The molecule has 2 rings (SSSR count). The van der Waals surface area contributed by atoms with Gasteiger partial charge in [0.05, 0.1) is 11.6 Å². The highest BCUT2D eigenvalue weighted by atomic mass is 79.9. The van der Waals surface area contributed by atoms with Gasteiger partial charge >= 0.3 is 0 Å². The predicted molar refractivity (Wildman–Crippen MR) is 69.8 cm³/mol. The van der Waals surface area contributed by atoms with Crippen molar-refractivity contribution in [3.8, 4) is 5.75 Å². The van der Waals surface area contributed by atoms with Gasteiger partial charge in [-0.2, -0.15) is 0 Å². The normalized spacial score (nSPS) is 11.1. The van der Waals surface area contributed by atoms with Crippen molar-refractivity contribution in [3.63, 3.8) is 0 Å². The van der Waals surface area contributed by atoms with Crippen molar-refractivity contribution in [1.29, 1.82) is 0 Å². The first kappa shape index (κ1) is 11.5. The Balaban J connectivity index is 2.85. The van der Waals surface area contributed by atoms with Gasteiger partial charge in [-0.25, -0.2) is 0 Å². The number of methoxy groups -OCH3 is 1. The first-order chi connectivity index (χ1) is 7.60. The summed E-state index contributed by atoms with van der Waals surface area (Å²) in [6.45, 7) is 2.64. The summed E-state index contributed by atoms with van der Waals surface area (Å²) in [6.07, 6.45) is 0. The minimum Gasteiger partial charge on any atom is -0.496 e. The molecule has 0 bridgehead atoms. The van der Waals surface area contributed by atoms with Crippen molar-refractivity contribution in [2.45, 2.75) is 13.5 Å². The fourth-order valence-corrected chi connectivity index (χ4v) is 2.55. The molecule has 0 atom stereocenters. The standard InChI is InChI=1S/C12H15BrN2O/c1-7-9(6-14)8-4-12(16-3)10(13)5-11(8)15(7)2/h4-5H,6,14H2,1-3H3. The lowest BCUT2D eigenvalue weighted by Gasteiger charge is -2.04. The fraction of sp³-hybridized carbons (Fsp3) is 0.333. The second-order valence-corrected chi connectivity index (χ2v) is 4.69. The number of benzene rings is 1. The predicted octanol–water partition coefficient (Wildman–Crippen LogP) is 2.72. The molecule has 1 aromatic carbocycles. The van der Waals surface area contributed by atoms with Gasteiger partial charge in [-0.3, -0.25) is 0 Å². The molecule has 0 aliphatic rings. The van der Waals surface area contributed by atoms with Gasteiger partial charge in [-0.1, -0.05) is 0 Å². The summed E-state index contributed by atoms with van der Waals surface area (Å²) in [5, 5.41) is 1.17. The van der Waals surface area contributed by atoms with E-state index < -0.39 is 0 Å². The first-order valence-electron chi connectivity index (χ1n) is 5.11. The summed E-state index contributed by atoms with van der Waals surface area (Å²) in [7, 11) is 3.72. The smallest absolute Gasteiger partial charge is 0.133 e. The van der Waals surface area contributed by atoms with Crippen molar-refractivity contribution in [3.05, 3.63) is 27.9 Å².